The van der Waals surface area contributed by atoms with E-state index >= 15 is 0 Å². The van der Waals surface area contributed by atoms with Crippen LogP contribution in [0, 0.1) is 6.92 Å². The van der Waals surface area contributed by atoms with Crippen molar-refractivity contribution in [3.63, 3.8) is 0 Å². The Balaban J connectivity index is 1.90. The lowest BCUT2D eigenvalue weighted by Crippen LogP contribution is -2.26. The first-order chi connectivity index (χ1) is 15.8. The van der Waals surface area contributed by atoms with Gasteiger partial charge in [-0.1, -0.05) is 90.7 Å². The fourth-order valence-corrected chi connectivity index (χ4v) is 4.91. The first-order valence-electron chi connectivity index (χ1n) is 11.1. The van der Waals surface area contributed by atoms with Gasteiger partial charge in [0, 0.05) is 11.1 Å². The van der Waals surface area contributed by atoms with E-state index in [1.165, 1.54) is 5.56 Å². The van der Waals surface area contributed by atoms with Crippen LogP contribution in [-0.4, -0.2) is 30.2 Å². The van der Waals surface area contributed by atoms with Gasteiger partial charge < -0.3 is 4.74 Å². The summed E-state index contributed by atoms with van der Waals surface area (Å²) in [6, 6.07) is 26.9. The lowest BCUT2D eigenvalue weighted by molar-refractivity contribution is 0.415. The van der Waals surface area contributed by atoms with Gasteiger partial charge in [0.15, 0.2) is 0 Å². The van der Waals surface area contributed by atoms with Gasteiger partial charge in [0.25, 0.3) is 0 Å². The van der Waals surface area contributed by atoms with Crippen LogP contribution in [-0.2, 0) is 0 Å². The zero-order valence-electron chi connectivity index (χ0n) is 19.8. The molecule has 0 aliphatic rings. The van der Waals surface area contributed by atoms with Gasteiger partial charge in [-0.05, 0) is 42.3 Å². The maximum absolute atomic E-state index is 5.28. The van der Waals surface area contributed by atoms with Crippen molar-refractivity contribution in [2.24, 2.45) is 0 Å². The van der Waals surface area contributed by atoms with Crippen molar-refractivity contribution >= 4 is 19.0 Å². The standard InChI is InChI=1S/C28H29N3OSi/c1-21-11-13-23(14-12-21)26(22-9-7-6-8-10-22)19-28(33(3,4)5)31-20-27(29-30-31)24-15-17-25(32-2)18-16-24/h6-18,20H,1-5H3. The molecule has 1 heterocycles. The minimum Gasteiger partial charge on any atom is -0.497 e. The topological polar surface area (TPSA) is 39.9 Å². The van der Waals surface area contributed by atoms with Crippen LogP contribution in [0.5, 0.6) is 5.75 Å². The predicted octanol–water partition coefficient (Wildman–Crippen LogP) is 6.71. The summed E-state index contributed by atoms with van der Waals surface area (Å²) in [6.07, 6.45) is 2.00. The third-order valence-corrected chi connectivity index (χ3v) is 7.24. The van der Waals surface area contributed by atoms with Crippen molar-refractivity contribution in [3.05, 3.63) is 107 Å². The van der Waals surface area contributed by atoms with E-state index < -0.39 is 8.07 Å². The zero-order chi connectivity index (χ0) is 23.4. The lowest BCUT2D eigenvalue weighted by Gasteiger charge is -2.19. The van der Waals surface area contributed by atoms with E-state index in [9.17, 15) is 0 Å². The van der Waals surface area contributed by atoms with Gasteiger partial charge in [0.05, 0.1) is 18.6 Å². The molecule has 166 valence electrons. The van der Waals surface area contributed by atoms with E-state index in [1.807, 2.05) is 41.2 Å². The minimum atomic E-state index is -1.84. The molecule has 0 aliphatic carbocycles. The average Bonchev–Trinajstić information content (AvgIpc) is 3.30. The van der Waals surface area contributed by atoms with Gasteiger partial charge in [0.1, 0.15) is 19.5 Å². The normalized spacial score (nSPS) is 11.1. The zero-order valence-corrected chi connectivity index (χ0v) is 20.8. The molecule has 0 aliphatic heterocycles. The number of aromatic nitrogens is 3. The summed E-state index contributed by atoms with van der Waals surface area (Å²) < 4.78 is 7.18. The Morgan fingerprint density at radius 3 is 2.09 bits per heavy atom. The quantitative estimate of drug-likeness (QED) is 0.242. The molecule has 3 aromatic carbocycles. The summed E-state index contributed by atoms with van der Waals surface area (Å²) in [7, 11) is -0.176. The van der Waals surface area contributed by atoms with Gasteiger partial charge in [0.2, 0.25) is 0 Å². The number of aryl methyl sites for hydroxylation is 1. The van der Waals surface area contributed by atoms with Crippen LogP contribution in [0.25, 0.3) is 22.2 Å². The number of ether oxygens (including phenoxy) is 1. The second-order valence-electron chi connectivity index (χ2n) is 9.11. The van der Waals surface area contributed by atoms with Crippen LogP contribution in [0.2, 0.25) is 19.6 Å². The van der Waals surface area contributed by atoms with Crippen LogP contribution >= 0.6 is 0 Å². The van der Waals surface area contributed by atoms with Crippen molar-refractivity contribution in [3.8, 4) is 17.0 Å². The Kier molecular flexibility index (Phi) is 6.45. The van der Waals surface area contributed by atoms with Gasteiger partial charge in [-0.3, -0.25) is 0 Å². The van der Waals surface area contributed by atoms with Crippen molar-refractivity contribution in [2.45, 2.75) is 26.6 Å². The molecule has 4 rings (SSSR count). The summed E-state index contributed by atoms with van der Waals surface area (Å²) in [6.45, 7) is 9.03. The molecular formula is C28H29N3OSi. The number of hydrogen-bond acceptors (Lipinski definition) is 3. The van der Waals surface area contributed by atoms with Gasteiger partial charge >= 0.3 is 0 Å². The summed E-state index contributed by atoms with van der Waals surface area (Å²) >= 11 is 0. The van der Waals surface area contributed by atoms with Crippen LogP contribution in [0.4, 0.5) is 0 Å². The fourth-order valence-electron chi connectivity index (χ4n) is 3.61. The highest BCUT2D eigenvalue weighted by Crippen LogP contribution is 2.28. The Morgan fingerprint density at radius 1 is 0.848 bits per heavy atom. The lowest BCUT2D eigenvalue weighted by atomic mass is 9.98. The maximum Gasteiger partial charge on any atom is 0.118 e. The SMILES string of the molecule is COc1ccc(-c2cn(C(=C=C(c3ccccc3)c3ccc(C)cc3)[Si](C)(C)C)nn2)cc1. The van der Waals surface area contributed by atoms with Crippen LogP contribution in [0.15, 0.2) is 90.8 Å². The number of methoxy groups -OCH3 is 1. The first-order valence-corrected chi connectivity index (χ1v) is 14.6. The van der Waals surface area contributed by atoms with Crippen LogP contribution in [0.3, 0.4) is 0 Å². The molecule has 33 heavy (non-hydrogen) atoms. The molecule has 0 radical (unpaired) electrons. The predicted molar refractivity (Wildman–Crippen MR) is 139 cm³/mol. The molecule has 0 fully saturated rings. The first kappa shape index (κ1) is 22.5. The summed E-state index contributed by atoms with van der Waals surface area (Å²) in [5.41, 5.74) is 10.2. The van der Waals surface area contributed by atoms with E-state index in [0.717, 1.165) is 39.0 Å². The summed E-state index contributed by atoms with van der Waals surface area (Å²) in [5, 5.41) is 10.1. The number of nitrogens with zero attached hydrogens (tertiary/aromatic N) is 3. The number of rotatable bonds is 6. The highest BCUT2D eigenvalue weighted by Gasteiger charge is 2.24. The van der Waals surface area contributed by atoms with E-state index in [1.54, 1.807) is 7.11 Å². The second-order valence-corrected chi connectivity index (χ2v) is 14.1. The Labute approximate surface area is 196 Å². The van der Waals surface area contributed by atoms with Gasteiger partial charge in [-0.25, -0.2) is 4.68 Å². The van der Waals surface area contributed by atoms with Crippen molar-refractivity contribution < 1.29 is 4.74 Å². The molecule has 0 N–H and O–H groups in total. The molecule has 0 amide bonds. The van der Waals surface area contributed by atoms with Gasteiger partial charge in [-0.2, -0.15) is 0 Å². The molecule has 1 aromatic heterocycles. The molecule has 0 saturated heterocycles. The Morgan fingerprint density at radius 2 is 1.48 bits per heavy atom. The number of hydrogen-bond donors (Lipinski definition) is 0. The fraction of sp³-hybridized carbons (Fsp3) is 0.179. The summed E-state index contributed by atoms with van der Waals surface area (Å²) in [4.78, 5) is 0. The monoisotopic (exact) mass is 451 g/mol. The molecule has 4 aromatic rings. The smallest absolute Gasteiger partial charge is 0.118 e. The van der Waals surface area contributed by atoms with E-state index in [-0.39, 0.29) is 0 Å². The molecule has 0 bridgehead atoms. The summed E-state index contributed by atoms with van der Waals surface area (Å²) in [5.74, 6) is 0.822. The number of benzene rings is 3. The van der Waals surface area contributed by atoms with Crippen molar-refractivity contribution in [1.82, 2.24) is 15.0 Å². The van der Waals surface area contributed by atoms with E-state index in [0.29, 0.717) is 0 Å². The molecular weight excluding hydrogens is 422 g/mol. The third-order valence-electron chi connectivity index (χ3n) is 5.46. The molecule has 0 spiro atoms. The molecule has 0 saturated carbocycles. The molecule has 0 atom stereocenters. The molecule has 5 heteroatoms. The highest BCUT2D eigenvalue weighted by molar-refractivity contribution is 6.92. The van der Waals surface area contributed by atoms with Crippen LogP contribution in [0.1, 0.15) is 16.7 Å². The van der Waals surface area contributed by atoms with Crippen LogP contribution < -0.4 is 4.74 Å². The minimum absolute atomic E-state index is 0.822. The van der Waals surface area contributed by atoms with E-state index in [4.69, 9.17) is 4.74 Å². The second kappa shape index (κ2) is 9.45. The Hall–Kier alpha value is -3.66. The van der Waals surface area contributed by atoms with Crippen molar-refractivity contribution in [1.29, 1.82) is 0 Å². The third kappa shape index (κ3) is 5.22. The average molecular weight is 452 g/mol. The largest absolute Gasteiger partial charge is 0.497 e. The van der Waals surface area contributed by atoms with Gasteiger partial charge in [-0.15, -0.1) is 5.10 Å². The maximum atomic E-state index is 5.28. The Bertz CT molecular complexity index is 1290. The van der Waals surface area contributed by atoms with Crippen molar-refractivity contribution in [2.75, 3.05) is 7.11 Å². The molecule has 4 nitrogen and oxygen atoms in total. The molecule has 0 unspecified atom stereocenters. The van der Waals surface area contributed by atoms with E-state index in [2.05, 4.69) is 91.1 Å². The highest BCUT2D eigenvalue weighted by atomic mass is 28.3.